The predicted octanol–water partition coefficient (Wildman–Crippen LogP) is 4.28. The number of nitrogens with zero attached hydrogens (tertiary/aromatic N) is 3. The molecule has 0 radical (unpaired) electrons. The summed E-state index contributed by atoms with van der Waals surface area (Å²) in [6.45, 7) is -2.72. The molecule has 2 aromatic heterocycles. The van der Waals surface area contributed by atoms with E-state index in [1.54, 1.807) is 6.07 Å². The fraction of sp³-hybridized carbons (Fsp3) is 0.529. The third-order valence-corrected chi connectivity index (χ3v) is 4.72. The first-order valence-electron chi connectivity index (χ1n) is 8.62. The Labute approximate surface area is 154 Å². The normalized spacial score (nSPS) is 20.5. The van der Waals surface area contributed by atoms with Gasteiger partial charge in [-0.2, -0.15) is 13.9 Å². The van der Waals surface area contributed by atoms with Gasteiger partial charge in [-0.3, -0.25) is 0 Å². The second kappa shape index (κ2) is 8.73. The fourth-order valence-electron chi connectivity index (χ4n) is 3.33. The zero-order chi connectivity index (χ0) is 18.5. The van der Waals surface area contributed by atoms with E-state index in [2.05, 4.69) is 20.7 Å². The smallest absolute Gasteiger partial charge is 0.333 e. The lowest BCUT2D eigenvalue weighted by Gasteiger charge is -2.31. The van der Waals surface area contributed by atoms with Gasteiger partial charge in [0.15, 0.2) is 0 Å². The van der Waals surface area contributed by atoms with E-state index in [1.165, 1.54) is 18.5 Å². The maximum atomic E-state index is 12.8. The van der Waals surface area contributed by atoms with E-state index in [-0.39, 0.29) is 18.8 Å². The molecule has 2 N–H and O–H groups in total. The number of halogens is 4. The Hall–Kier alpha value is -1.80. The highest BCUT2D eigenvalue weighted by Crippen LogP contribution is 2.31. The van der Waals surface area contributed by atoms with Crippen LogP contribution in [-0.4, -0.2) is 40.1 Å². The second-order valence-electron chi connectivity index (χ2n) is 6.36. The first-order chi connectivity index (χ1) is 12.6. The molecule has 1 aliphatic carbocycles. The summed E-state index contributed by atoms with van der Waals surface area (Å²) in [5, 5.41) is 10.9. The fourth-order valence-corrected chi connectivity index (χ4v) is 3.49. The highest BCUT2D eigenvalue weighted by atomic mass is 35.5. The third kappa shape index (κ3) is 4.67. The van der Waals surface area contributed by atoms with Gasteiger partial charge >= 0.3 is 6.55 Å². The molecule has 9 heteroatoms. The quantitative estimate of drug-likeness (QED) is 0.696. The van der Waals surface area contributed by atoms with Gasteiger partial charge in [-0.15, -0.1) is 0 Å². The van der Waals surface area contributed by atoms with E-state index in [4.69, 9.17) is 11.6 Å². The van der Waals surface area contributed by atoms with E-state index in [0.717, 1.165) is 25.7 Å². The summed E-state index contributed by atoms with van der Waals surface area (Å²) >= 11 is 6.02. The van der Waals surface area contributed by atoms with Gasteiger partial charge in [0.05, 0.1) is 5.69 Å². The number of alkyl halides is 3. The van der Waals surface area contributed by atoms with Gasteiger partial charge in [0, 0.05) is 42.3 Å². The van der Waals surface area contributed by atoms with Crippen molar-refractivity contribution in [2.24, 2.45) is 0 Å². The zero-order valence-electron chi connectivity index (χ0n) is 14.1. The minimum atomic E-state index is -2.69. The Morgan fingerprint density at radius 1 is 1.31 bits per heavy atom. The first-order valence-corrected chi connectivity index (χ1v) is 8.99. The van der Waals surface area contributed by atoms with Crippen molar-refractivity contribution in [3.05, 3.63) is 29.7 Å². The number of anilines is 1. The number of rotatable bonds is 7. The molecule has 2 atom stereocenters. The van der Waals surface area contributed by atoms with Crippen LogP contribution in [0.3, 0.4) is 0 Å². The van der Waals surface area contributed by atoms with Gasteiger partial charge < -0.3 is 10.6 Å². The monoisotopic (exact) mass is 387 g/mol. The van der Waals surface area contributed by atoms with Crippen molar-refractivity contribution in [2.45, 2.75) is 44.3 Å². The van der Waals surface area contributed by atoms with Gasteiger partial charge in [0.2, 0.25) is 0 Å². The molecule has 0 aliphatic heterocycles. The Bertz CT molecular complexity index is 724. The van der Waals surface area contributed by atoms with Crippen LogP contribution in [0.25, 0.3) is 11.3 Å². The summed E-state index contributed by atoms with van der Waals surface area (Å²) < 4.78 is 38.6. The van der Waals surface area contributed by atoms with E-state index < -0.39 is 6.55 Å². The topological polar surface area (TPSA) is 54.8 Å². The Morgan fingerprint density at radius 2 is 2.12 bits per heavy atom. The molecule has 2 aromatic rings. The summed E-state index contributed by atoms with van der Waals surface area (Å²) in [4.78, 5) is 4.05. The van der Waals surface area contributed by atoms with Crippen molar-refractivity contribution in [1.29, 1.82) is 0 Å². The van der Waals surface area contributed by atoms with Crippen molar-refractivity contribution < 1.29 is 13.2 Å². The molecular formula is C17H21ClF3N5. The lowest BCUT2D eigenvalue weighted by atomic mass is 9.90. The Kier molecular flexibility index (Phi) is 6.37. The zero-order valence-corrected chi connectivity index (χ0v) is 14.9. The van der Waals surface area contributed by atoms with Gasteiger partial charge in [0.1, 0.15) is 11.8 Å². The van der Waals surface area contributed by atoms with Gasteiger partial charge in [-0.05, 0) is 37.8 Å². The van der Waals surface area contributed by atoms with Crippen LogP contribution in [0.15, 0.2) is 24.5 Å². The van der Waals surface area contributed by atoms with Crippen molar-refractivity contribution in [1.82, 2.24) is 20.1 Å². The molecule has 2 heterocycles. The summed E-state index contributed by atoms with van der Waals surface area (Å²) in [7, 11) is 0. The predicted molar refractivity (Wildman–Crippen MR) is 95.4 cm³/mol. The molecule has 0 saturated heterocycles. The Balaban J connectivity index is 1.77. The maximum absolute atomic E-state index is 12.8. The van der Waals surface area contributed by atoms with Gasteiger partial charge in [-0.25, -0.2) is 14.1 Å². The number of nitrogens with one attached hydrogen (secondary N) is 2. The summed E-state index contributed by atoms with van der Waals surface area (Å²) in [6.07, 6.45) is 6.63. The number of hydrogen-bond donors (Lipinski definition) is 2. The van der Waals surface area contributed by atoms with Crippen LogP contribution in [0.4, 0.5) is 18.9 Å². The maximum Gasteiger partial charge on any atom is 0.333 e. The van der Waals surface area contributed by atoms with Crippen molar-refractivity contribution in [3.63, 3.8) is 0 Å². The largest absolute Gasteiger partial charge is 0.382 e. The number of aromatic nitrogens is 3. The molecule has 1 saturated carbocycles. The van der Waals surface area contributed by atoms with Crippen LogP contribution in [0, 0.1) is 0 Å². The lowest BCUT2D eigenvalue weighted by Crippen LogP contribution is -2.39. The van der Waals surface area contributed by atoms with Crippen LogP contribution >= 0.6 is 11.6 Å². The van der Waals surface area contributed by atoms with Crippen molar-refractivity contribution in [2.75, 3.05) is 18.5 Å². The van der Waals surface area contributed by atoms with E-state index in [0.29, 0.717) is 33.3 Å². The molecule has 2 unspecified atom stereocenters. The minimum Gasteiger partial charge on any atom is -0.382 e. The highest BCUT2D eigenvalue weighted by Gasteiger charge is 2.23. The summed E-state index contributed by atoms with van der Waals surface area (Å²) in [6, 6.07) is 3.64. The van der Waals surface area contributed by atoms with Gasteiger partial charge in [0.25, 0.3) is 0 Å². The standard InChI is InChI=1S/C17H21ClF3N5/c18-16-9-15(24-12-3-1-2-11(8-12)22-6-5-19)13(10-23-16)14-4-7-26(25-14)17(20)21/h4,7,9-12,17,22H,1-3,5-6,8H2,(H,23,24). The van der Waals surface area contributed by atoms with Crippen LogP contribution in [0.5, 0.6) is 0 Å². The van der Waals surface area contributed by atoms with Crippen LogP contribution < -0.4 is 10.6 Å². The molecule has 0 spiro atoms. The summed E-state index contributed by atoms with van der Waals surface area (Å²) in [5.74, 6) is 0. The molecular weight excluding hydrogens is 367 g/mol. The average molecular weight is 388 g/mol. The molecule has 5 nitrogen and oxygen atoms in total. The second-order valence-corrected chi connectivity index (χ2v) is 6.75. The van der Waals surface area contributed by atoms with Crippen LogP contribution in [0.1, 0.15) is 32.2 Å². The number of hydrogen-bond acceptors (Lipinski definition) is 4. The molecule has 0 aromatic carbocycles. The molecule has 1 aliphatic rings. The summed E-state index contributed by atoms with van der Waals surface area (Å²) in [5.41, 5.74) is 1.73. The van der Waals surface area contributed by atoms with Crippen LogP contribution in [0.2, 0.25) is 5.15 Å². The SMILES string of the molecule is FCCNC1CCCC(Nc2cc(Cl)ncc2-c2ccn(C(F)F)n2)C1. The first kappa shape index (κ1) is 19.0. The average Bonchev–Trinajstić information content (AvgIpc) is 3.11. The highest BCUT2D eigenvalue weighted by molar-refractivity contribution is 6.29. The number of pyridine rings is 1. The molecule has 0 amide bonds. The molecule has 3 rings (SSSR count). The van der Waals surface area contributed by atoms with Gasteiger partial charge in [-0.1, -0.05) is 11.6 Å². The molecule has 142 valence electrons. The lowest BCUT2D eigenvalue weighted by molar-refractivity contribution is 0.0568. The molecule has 26 heavy (non-hydrogen) atoms. The van der Waals surface area contributed by atoms with Crippen molar-refractivity contribution >= 4 is 17.3 Å². The third-order valence-electron chi connectivity index (χ3n) is 4.52. The Morgan fingerprint density at radius 3 is 2.85 bits per heavy atom. The molecule has 1 fully saturated rings. The van der Waals surface area contributed by atoms with Crippen LogP contribution in [-0.2, 0) is 0 Å². The van der Waals surface area contributed by atoms with E-state index in [1.807, 2.05) is 0 Å². The molecule has 0 bridgehead atoms. The van der Waals surface area contributed by atoms with Crippen molar-refractivity contribution in [3.8, 4) is 11.3 Å². The minimum absolute atomic E-state index is 0.176. The van der Waals surface area contributed by atoms with E-state index in [9.17, 15) is 13.2 Å². The van der Waals surface area contributed by atoms with E-state index >= 15 is 0 Å².